The molecule has 0 amide bonds. The molecule has 0 spiro atoms. The first-order valence-corrected chi connectivity index (χ1v) is 5.92. The Kier molecular flexibility index (Phi) is 3.81. The van der Waals surface area contributed by atoms with Crippen molar-refractivity contribution < 1.29 is 14.0 Å². The first-order valence-electron chi connectivity index (χ1n) is 5.92. The van der Waals surface area contributed by atoms with Gasteiger partial charge in [-0.2, -0.15) is 0 Å². The van der Waals surface area contributed by atoms with Crippen LogP contribution in [0.25, 0.3) is 0 Å². The fourth-order valence-electron chi connectivity index (χ4n) is 2.19. The molecule has 96 valence electrons. The Morgan fingerprint density at radius 3 is 2.82 bits per heavy atom. The van der Waals surface area contributed by atoms with Gasteiger partial charge in [-0.25, -0.2) is 0 Å². The number of ether oxygens (including phenoxy) is 2. The summed E-state index contributed by atoms with van der Waals surface area (Å²) in [6, 6.07) is 2.38. The third-order valence-corrected chi connectivity index (χ3v) is 2.77. The van der Waals surface area contributed by atoms with E-state index in [1.54, 1.807) is 7.11 Å². The number of nitrogens with zero attached hydrogens (tertiary/aromatic N) is 1. The minimum absolute atomic E-state index is 0.0232. The van der Waals surface area contributed by atoms with Gasteiger partial charge in [0, 0.05) is 25.6 Å². The Morgan fingerprint density at radius 2 is 2.29 bits per heavy atom. The Bertz CT molecular complexity index is 358. The van der Waals surface area contributed by atoms with Gasteiger partial charge in [-0.15, -0.1) is 0 Å². The molecule has 5 heteroatoms. The molecule has 0 bridgehead atoms. The van der Waals surface area contributed by atoms with Crippen LogP contribution in [-0.2, 0) is 22.5 Å². The molecule has 0 atom stereocenters. The third kappa shape index (κ3) is 3.06. The van der Waals surface area contributed by atoms with Crippen molar-refractivity contribution in [3.8, 4) is 0 Å². The molecule has 1 fully saturated rings. The molecule has 1 aliphatic heterocycles. The van der Waals surface area contributed by atoms with Gasteiger partial charge < -0.3 is 19.3 Å². The third-order valence-electron chi connectivity index (χ3n) is 2.77. The Labute approximate surface area is 101 Å². The van der Waals surface area contributed by atoms with Gasteiger partial charge in [-0.05, 0) is 0 Å². The molecule has 17 heavy (non-hydrogen) atoms. The summed E-state index contributed by atoms with van der Waals surface area (Å²) in [5.74, 6) is 0.766. The van der Waals surface area contributed by atoms with E-state index in [4.69, 9.17) is 14.0 Å². The highest BCUT2D eigenvalue weighted by Crippen LogP contribution is 2.23. The predicted octanol–water partition coefficient (Wildman–Crippen LogP) is 1.13. The number of rotatable bonds is 6. The second-order valence-corrected chi connectivity index (χ2v) is 4.97. The lowest BCUT2D eigenvalue weighted by molar-refractivity contribution is -0.0782. The first-order chi connectivity index (χ1) is 8.13. The molecule has 5 nitrogen and oxygen atoms in total. The molecule has 0 aromatic carbocycles. The highest BCUT2D eigenvalue weighted by Gasteiger charge is 2.39. The molecule has 0 radical (unpaired) electrons. The average Bonchev–Trinajstić information content (AvgIpc) is 2.62. The Balaban J connectivity index is 1.97. The van der Waals surface area contributed by atoms with Gasteiger partial charge >= 0.3 is 0 Å². The molecule has 1 saturated heterocycles. The van der Waals surface area contributed by atoms with E-state index in [0.29, 0.717) is 12.6 Å². The van der Waals surface area contributed by atoms with Crippen molar-refractivity contribution >= 4 is 0 Å². The Morgan fingerprint density at radius 1 is 1.53 bits per heavy atom. The monoisotopic (exact) mass is 240 g/mol. The van der Waals surface area contributed by atoms with Crippen molar-refractivity contribution in [1.82, 2.24) is 10.5 Å². The van der Waals surface area contributed by atoms with E-state index in [0.717, 1.165) is 31.1 Å². The van der Waals surface area contributed by atoms with Crippen molar-refractivity contribution in [1.29, 1.82) is 0 Å². The van der Waals surface area contributed by atoms with Crippen LogP contribution in [0.4, 0.5) is 0 Å². The maximum atomic E-state index is 5.32. The van der Waals surface area contributed by atoms with Gasteiger partial charge in [-0.1, -0.05) is 19.0 Å². The zero-order valence-electron chi connectivity index (χ0n) is 10.7. The smallest absolute Gasteiger partial charge is 0.162 e. The zero-order chi connectivity index (χ0) is 12.3. The molecule has 2 rings (SSSR count). The lowest BCUT2D eigenvalue weighted by atomic mass is 9.90. The van der Waals surface area contributed by atoms with Gasteiger partial charge in [0.2, 0.25) is 0 Å². The standard InChI is InChI=1S/C12H20N2O3/c1-9(2)13-12(7-16-8-12)5-10-4-11(6-15-3)17-14-10/h4,9,13H,5-8H2,1-3H3. The minimum Gasteiger partial charge on any atom is -0.377 e. The van der Waals surface area contributed by atoms with Crippen molar-refractivity contribution in [2.45, 2.75) is 38.5 Å². The summed E-state index contributed by atoms with van der Waals surface area (Å²) >= 11 is 0. The predicted molar refractivity (Wildman–Crippen MR) is 62.7 cm³/mol. The topological polar surface area (TPSA) is 56.5 Å². The van der Waals surface area contributed by atoms with E-state index in [9.17, 15) is 0 Å². The summed E-state index contributed by atoms with van der Waals surface area (Å²) in [6.07, 6.45) is 0.832. The highest BCUT2D eigenvalue weighted by molar-refractivity contribution is 5.12. The second-order valence-electron chi connectivity index (χ2n) is 4.97. The summed E-state index contributed by atoms with van der Waals surface area (Å²) in [5.41, 5.74) is 0.976. The highest BCUT2D eigenvalue weighted by atomic mass is 16.5. The zero-order valence-corrected chi connectivity index (χ0v) is 10.7. The van der Waals surface area contributed by atoms with Crippen molar-refractivity contribution in [3.05, 3.63) is 17.5 Å². The van der Waals surface area contributed by atoms with E-state index in [-0.39, 0.29) is 5.54 Å². The molecule has 1 aromatic heterocycles. The summed E-state index contributed by atoms with van der Waals surface area (Å²) in [4.78, 5) is 0. The van der Waals surface area contributed by atoms with Crippen LogP contribution in [0.1, 0.15) is 25.3 Å². The van der Waals surface area contributed by atoms with E-state index in [1.807, 2.05) is 6.07 Å². The Hall–Kier alpha value is -0.910. The average molecular weight is 240 g/mol. The van der Waals surface area contributed by atoms with E-state index >= 15 is 0 Å². The molecule has 1 aliphatic rings. The number of aromatic nitrogens is 1. The van der Waals surface area contributed by atoms with Crippen LogP contribution in [0.2, 0.25) is 0 Å². The molecular formula is C12H20N2O3. The summed E-state index contributed by atoms with van der Waals surface area (Å²) in [7, 11) is 1.64. The van der Waals surface area contributed by atoms with Gasteiger partial charge in [0.1, 0.15) is 6.61 Å². The van der Waals surface area contributed by atoms with Gasteiger partial charge in [0.25, 0.3) is 0 Å². The van der Waals surface area contributed by atoms with E-state index < -0.39 is 0 Å². The van der Waals surface area contributed by atoms with Crippen LogP contribution in [0.3, 0.4) is 0 Å². The SMILES string of the molecule is COCc1cc(CC2(NC(C)C)COC2)no1. The first kappa shape index (κ1) is 12.5. The fraction of sp³-hybridized carbons (Fsp3) is 0.750. The molecular weight excluding hydrogens is 220 g/mol. The summed E-state index contributed by atoms with van der Waals surface area (Å²) < 4.78 is 15.5. The minimum atomic E-state index is 0.0232. The molecule has 0 aliphatic carbocycles. The van der Waals surface area contributed by atoms with Crippen LogP contribution in [-0.4, -0.2) is 37.1 Å². The van der Waals surface area contributed by atoms with Crippen LogP contribution >= 0.6 is 0 Å². The lowest BCUT2D eigenvalue weighted by Crippen LogP contribution is -2.63. The summed E-state index contributed by atoms with van der Waals surface area (Å²) in [5, 5.41) is 7.60. The maximum Gasteiger partial charge on any atom is 0.162 e. The number of nitrogens with one attached hydrogen (secondary N) is 1. The summed E-state index contributed by atoms with van der Waals surface area (Å²) in [6.45, 7) is 6.21. The number of hydrogen-bond donors (Lipinski definition) is 1. The molecule has 1 N–H and O–H groups in total. The van der Waals surface area contributed by atoms with Crippen molar-refractivity contribution in [2.24, 2.45) is 0 Å². The molecule has 0 saturated carbocycles. The van der Waals surface area contributed by atoms with Gasteiger partial charge in [-0.3, -0.25) is 0 Å². The van der Waals surface area contributed by atoms with E-state index in [1.165, 1.54) is 0 Å². The molecule has 0 unspecified atom stereocenters. The van der Waals surface area contributed by atoms with Crippen molar-refractivity contribution in [2.75, 3.05) is 20.3 Å². The largest absolute Gasteiger partial charge is 0.377 e. The van der Waals surface area contributed by atoms with Gasteiger partial charge in [0.05, 0.1) is 24.4 Å². The van der Waals surface area contributed by atoms with Crippen LogP contribution in [0.15, 0.2) is 10.6 Å². The molecule has 2 heterocycles. The molecule has 1 aromatic rings. The van der Waals surface area contributed by atoms with Crippen LogP contribution < -0.4 is 5.32 Å². The fourth-order valence-corrected chi connectivity index (χ4v) is 2.19. The number of hydrogen-bond acceptors (Lipinski definition) is 5. The maximum absolute atomic E-state index is 5.32. The lowest BCUT2D eigenvalue weighted by Gasteiger charge is -2.43. The quantitative estimate of drug-likeness (QED) is 0.807. The number of methoxy groups -OCH3 is 1. The second kappa shape index (κ2) is 5.16. The van der Waals surface area contributed by atoms with Crippen molar-refractivity contribution in [3.63, 3.8) is 0 Å². The van der Waals surface area contributed by atoms with Gasteiger partial charge in [0.15, 0.2) is 5.76 Å². The van der Waals surface area contributed by atoms with Crippen LogP contribution in [0.5, 0.6) is 0 Å². The van der Waals surface area contributed by atoms with Crippen LogP contribution in [0, 0.1) is 0 Å². The van der Waals surface area contributed by atoms with E-state index in [2.05, 4.69) is 24.3 Å². The normalized spacial score (nSPS) is 18.4.